The molecule has 0 bridgehead atoms. The maximum atomic E-state index is 13.6. The third-order valence-electron chi connectivity index (χ3n) is 6.81. The molecule has 0 aliphatic carbocycles. The van der Waals surface area contributed by atoms with Crippen LogP contribution in [0.5, 0.6) is 11.5 Å². The second-order valence-electron chi connectivity index (χ2n) is 10.1. The van der Waals surface area contributed by atoms with Crippen LogP contribution in [0.1, 0.15) is 38.2 Å². The predicted molar refractivity (Wildman–Crippen MR) is 164 cm³/mol. The number of carbonyl (C=O) groups excluding carboxylic acids is 1. The van der Waals surface area contributed by atoms with E-state index in [2.05, 4.69) is 21.9 Å². The summed E-state index contributed by atoms with van der Waals surface area (Å²) in [6.07, 6.45) is 4.79. The Kier molecular flexibility index (Phi) is 11.8. The molecule has 8 nitrogen and oxygen atoms in total. The molecular weight excluding hydrogens is 567 g/mol. The number of piperidine rings is 1. The molecule has 4 rings (SSSR count). The van der Waals surface area contributed by atoms with Crippen LogP contribution in [0, 0.1) is 5.82 Å². The number of likely N-dealkylation sites (tertiary alicyclic amines) is 1. The highest BCUT2D eigenvalue weighted by molar-refractivity contribution is 7.92. The summed E-state index contributed by atoms with van der Waals surface area (Å²) in [6, 6.07) is 20.6. The van der Waals surface area contributed by atoms with Gasteiger partial charge in [0.2, 0.25) is 10.0 Å². The summed E-state index contributed by atoms with van der Waals surface area (Å²) in [5.41, 5.74) is 2.12. The lowest BCUT2D eigenvalue weighted by Gasteiger charge is -2.38. The molecule has 0 aromatic heterocycles. The molecule has 41 heavy (non-hydrogen) atoms. The first-order chi connectivity index (χ1) is 19.2. The van der Waals surface area contributed by atoms with E-state index < -0.39 is 10.0 Å². The Morgan fingerprint density at radius 2 is 1.63 bits per heavy atom. The first-order valence-electron chi connectivity index (χ1n) is 13.6. The van der Waals surface area contributed by atoms with Crippen molar-refractivity contribution in [2.75, 3.05) is 35.9 Å². The van der Waals surface area contributed by atoms with E-state index in [0.717, 1.165) is 51.6 Å². The van der Waals surface area contributed by atoms with Gasteiger partial charge in [-0.2, -0.15) is 0 Å². The van der Waals surface area contributed by atoms with Gasteiger partial charge in [0.1, 0.15) is 17.3 Å². The van der Waals surface area contributed by atoms with Crippen LogP contribution >= 0.6 is 12.4 Å². The van der Waals surface area contributed by atoms with E-state index in [0.29, 0.717) is 29.4 Å². The van der Waals surface area contributed by atoms with Gasteiger partial charge in [0.15, 0.2) is 0 Å². The van der Waals surface area contributed by atoms with Crippen LogP contribution in [-0.4, -0.2) is 56.2 Å². The fourth-order valence-corrected chi connectivity index (χ4v) is 5.36. The molecule has 2 amide bonds. The van der Waals surface area contributed by atoms with Crippen molar-refractivity contribution < 1.29 is 22.3 Å². The van der Waals surface area contributed by atoms with Gasteiger partial charge < -0.3 is 15.0 Å². The second-order valence-corrected chi connectivity index (χ2v) is 11.9. The molecule has 1 heterocycles. The van der Waals surface area contributed by atoms with Gasteiger partial charge >= 0.3 is 6.03 Å². The SMILES string of the molecule is CCCCN(C(=O)Nc1cccc(F)c1)C1CCN(Cc2ccc(Oc3ccc(NS(C)(=O)=O)cc3)cc2)CC1.Cl. The number of nitrogens with one attached hydrogen (secondary N) is 2. The zero-order valence-electron chi connectivity index (χ0n) is 23.4. The highest BCUT2D eigenvalue weighted by Gasteiger charge is 2.28. The van der Waals surface area contributed by atoms with Crippen LogP contribution < -0.4 is 14.8 Å². The number of sulfonamides is 1. The number of halogens is 2. The molecule has 222 valence electrons. The van der Waals surface area contributed by atoms with Crippen molar-refractivity contribution in [1.82, 2.24) is 9.80 Å². The number of unbranched alkanes of at least 4 members (excludes halogenated alkanes) is 1. The molecule has 11 heteroatoms. The standard InChI is InChI=1S/C30H37FN4O4S.ClH/c1-3-4-18-35(30(36)32-26-7-5-6-24(31)21-26)27-16-19-34(20-17-27)22-23-8-12-28(13-9-23)39-29-14-10-25(11-15-29)33-40(2,37)38;/h5-15,21,27,33H,3-4,16-20,22H2,1-2H3,(H,32,36);1H. The first kappa shape index (κ1) is 32.2. The van der Waals surface area contributed by atoms with Crippen LogP contribution in [0.15, 0.2) is 72.8 Å². The molecule has 1 aliphatic heterocycles. The Morgan fingerprint density at radius 1 is 1.00 bits per heavy atom. The molecule has 1 aliphatic rings. The zero-order valence-corrected chi connectivity index (χ0v) is 25.0. The highest BCUT2D eigenvalue weighted by atomic mass is 35.5. The number of carbonyl (C=O) groups is 1. The Hall–Kier alpha value is -3.34. The maximum Gasteiger partial charge on any atom is 0.322 e. The van der Waals surface area contributed by atoms with Crippen LogP contribution in [0.2, 0.25) is 0 Å². The van der Waals surface area contributed by atoms with Gasteiger partial charge in [0.25, 0.3) is 0 Å². The minimum absolute atomic E-state index is 0. The molecule has 0 radical (unpaired) electrons. The highest BCUT2D eigenvalue weighted by Crippen LogP contribution is 2.25. The van der Waals surface area contributed by atoms with E-state index in [-0.39, 0.29) is 30.3 Å². The number of benzene rings is 3. The topological polar surface area (TPSA) is 91.0 Å². The maximum absolute atomic E-state index is 13.6. The molecule has 1 fully saturated rings. The summed E-state index contributed by atoms with van der Waals surface area (Å²) in [5.74, 6) is 0.939. The van der Waals surface area contributed by atoms with Crippen LogP contribution in [0.25, 0.3) is 0 Å². The molecular formula is C30H38ClFN4O4S. The Labute approximate surface area is 248 Å². The van der Waals surface area contributed by atoms with E-state index in [9.17, 15) is 17.6 Å². The fraction of sp³-hybridized carbons (Fsp3) is 0.367. The largest absolute Gasteiger partial charge is 0.457 e. The second kappa shape index (κ2) is 15.0. The summed E-state index contributed by atoms with van der Waals surface area (Å²) in [4.78, 5) is 17.4. The van der Waals surface area contributed by atoms with Crippen molar-refractivity contribution in [1.29, 1.82) is 0 Å². The normalized spacial score (nSPS) is 14.1. The molecule has 0 atom stereocenters. The van der Waals surface area contributed by atoms with Crippen molar-refractivity contribution in [3.63, 3.8) is 0 Å². The Morgan fingerprint density at radius 3 is 2.22 bits per heavy atom. The fourth-order valence-electron chi connectivity index (χ4n) is 4.79. The first-order valence-corrected chi connectivity index (χ1v) is 15.5. The molecule has 3 aromatic carbocycles. The smallest absolute Gasteiger partial charge is 0.322 e. The van der Waals surface area contributed by atoms with E-state index in [1.54, 1.807) is 36.4 Å². The van der Waals surface area contributed by atoms with Crippen molar-refractivity contribution in [3.05, 3.63) is 84.2 Å². The van der Waals surface area contributed by atoms with E-state index in [1.165, 1.54) is 17.7 Å². The van der Waals surface area contributed by atoms with Gasteiger partial charge in [0.05, 0.1) is 6.26 Å². The summed E-state index contributed by atoms with van der Waals surface area (Å²) in [5, 5.41) is 2.87. The van der Waals surface area contributed by atoms with E-state index in [4.69, 9.17) is 4.74 Å². The van der Waals surface area contributed by atoms with E-state index >= 15 is 0 Å². The van der Waals surface area contributed by atoms with Gasteiger partial charge in [-0.25, -0.2) is 17.6 Å². The van der Waals surface area contributed by atoms with Gasteiger partial charge in [-0.15, -0.1) is 12.4 Å². The average Bonchev–Trinajstić information content (AvgIpc) is 2.91. The predicted octanol–water partition coefficient (Wildman–Crippen LogP) is 6.71. The zero-order chi connectivity index (χ0) is 28.5. The molecule has 1 saturated heterocycles. The molecule has 0 unspecified atom stereocenters. The number of rotatable bonds is 11. The third kappa shape index (κ3) is 10.2. The van der Waals surface area contributed by atoms with Crippen molar-refractivity contribution in [3.8, 4) is 11.5 Å². The van der Waals surface area contributed by atoms with Gasteiger partial charge in [0, 0.05) is 43.6 Å². The minimum atomic E-state index is -3.32. The van der Waals surface area contributed by atoms with Crippen LogP contribution in [0.3, 0.4) is 0 Å². The average molecular weight is 605 g/mol. The molecule has 0 spiro atoms. The number of amides is 2. The summed E-state index contributed by atoms with van der Waals surface area (Å²) >= 11 is 0. The quantitative estimate of drug-likeness (QED) is 0.254. The monoisotopic (exact) mass is 604 g/mol. The number of nitrogens with zero attached hydrogens (tertiary/aromatic N) is 2. The van der Waals surface area contributed by atoms with Crippen LogP contribution in [-0.2, 0) is 16.6 Å². The lowest BCUT2D eigenvalue weighted by Crippen LogP contribution is -2.49. The number of anilines is 2. The number of hydrogen-bond donors (Lipinski definition) is 2. The third-order valence-corrected chi connectivity index (χ3v) is 7.42. The number of hydrogen-bond acceptors (Lipinski definition) is 5. The minimum Gasteiger partial charge on any atom is -0.457 e. The molecule has 3 aromatic rings. The Balaban J connectivity index is 0.00000462. The van der Waals surface area contributed by atoms with Crippen molar-refractivity contribution in [2.24, 2.45) is 0 Å². The lowest BCUT2D eigenvalue weighted by atomic mass is 10.0. The van der Waals surface area contributed by atoms with Crippen LogP contribution in [0.4, 0.5) is 20.6 Å². The van der Waals surface area contributed by atoms with Crippen molar-refractivity contribution in [2.45, 2.75) is 45.2 Å². The van der Waals surface area contributed by atoms with Crippen molar-refractivity contribution >= 4 is 39.8 Å². The summed E-state index contributed by atoms with van der Waals surface area (Å²) < 4.78 is 44.6. The summed E-state index contributed by atoms with van der Waals surface area (Å²) in [7, 11) is -3.32. The lowest BCUT2D eigenvalue weighted by molar-refractivity contribution is 0.122. The van der Waals surface area contributed by atoms with E-state index in [1.807, 2.05) is 29.2 Å². The molecule has 0 saturated carbocycles. The number of urea groups is 1. The van der Waals surface area contributed by atoms with Gasteiger partial charge in [-0.05, 0) is 79.4 Å². The number of ether oxygens (including phenoxy) is 1. The Bertz CT molecular complexity index is 1370. The van der Waals surface area contributed by atoms with Gasteiger partial charge in [-0.1, -0.05) is 31.5 Å². The summed E-state index contributed by atoms with van der Waals surface area (Å²) in [6.45, 7) is 5.36. The van der Waals surface area contributed by atoms with Gasteiger partial charge in [-0.3, -0.25) is 9.62 Å². The molecule has 2 N–H and O–H groups in total.